The molecule has 20 heavy (non-hydrogen) atoms. The van der Waals surface area contributed by atoms with Gasteiger partial charge in [0.05, 0.1) is 17.9 Å². The maximum Gasteiger partial charge on any atom is 0.338 e. The van der Waals surface area contributed by atoms with Gasteiger partial charge in [-0.25, -0.2) is 4.79 Å². The molecule has 0 radical (unpaired) electrons. The summed E-state index contributed by atoms with van der Waals surface area (Å²) in [6, 6.07) is 5.43. The molecule has 1 aromatic rings. The number of benzene rings is 1. The van der Waals surface area contributed by atoms with Crippen LogP contribution in [0.15, 0.2) is 23.1 Å². The Bertz CT molecular complexity index is 450. The summed E-state index contributed by atoms with van der Waals surface area (Å²) in [5.41, 5.74) is 0.917. The van der Waals surface area contributed by atoms with E-state index in [0.29, 0.717) is 11.3 Å². The molecule has 0 heterocycles. The maximum atomic E-state index is 11.5. The number of thioether (sulfide) groups is 2. The van der Waals surface area contributed by atoms with Crippen LogP contribution < -0.4 is 5.32 Å². The van der Waals surface area contributed by atoms with Crippen molar-refractivity contribution in [2.75, 3.05) is 23.9 Å². The Balaban J connectivity index is 3.05. The molecule has 0 aliphatic carbocycles. The average Bonchev–Trinajstić information content (AvgIpc) is 2.40. The van der Waals surface area contributed by atoms with Crippen molar-refractivity contribution in [3.63, 3.8) is 0 Å². The molecule has 1 rings (SSSR count). The summed E-state index contributed by atoms with van der Waals surface area (Å²) in [5.74, 6) is -0.107. The highest BCUT2D eigenvalue weighted by Gasteiger charge is 2.20. The van der Waals surface area contributed by atoms with E-state index in [2.05, 4.69) is 5.32 Å². The molecule has 1 aromatic carbocycles. The third kappa shape index (κ3) is 4.33. The van der Waals surface area contributed by atoms with Crippen molar-refractivity contribution < 1.29 is 15.0 Å². The number of aromatic carboxylic acids is 1. The standard InChI is InChI=1S/C14H21NO3S2/c1-4-20-11-7-5-6-10(13(11)14(17)18)15-9(2)12(8-16)19-3/h5-7,9,12,15-16H,4,8H2,1-3H3,(H,17,18). The normalized spacial score (nSPS) is 13.8. The van der Waals surface area contributed by atoms with Crippen LogP contribution in [0.5, 0.6) is 0 Å². The number of rotatable bonds is 8. The van der Waals surface area contributed by atoms with E-state index in [1.54, 1.807) is 17.8 Å². The number of aliphatic hydroxyl groups excluding tert-OH is 1. The van der Waals surface area contributed by atoms with Crippen LogP contribution >= 0.6 is 23.5 Å². The zero-order valence-corrected chi connectivity index (χ0v) is 13.6. The smallest absolute Gasteiger partial charge is 0.338 e. The van der Waals surface area contributed by atoms with Crippen molar-refractivity contribution in [3.8, 4) is 0 Å². The van der Waals surface area contributed by atoms with Gasteiger partial charge in [-0.2, -0.15) is 11.8 Å². The molecule has 0 fully saturated rings. The number of anilines is 1. The minimum Gasteiger partial charge on any atom is -0.478 e. The highest BCUT2D eigenvalue weighted by atomic mass is 32.2. The topological polar surface area (TPSA) is 69.6 Å². The number of aliphatic hydroxyl groups is 1. The molecule has 0 aliphatic heterocycles. The van der Waals surface area contributed by atoms with Gasteiger partial charge in [0.15, 0.2) is 0 Å². The van der Waals surface area contributed by atoms with Gasteiger partial charge >= 0.3 is 5.97 Å². The van der Waals surface area contributed by atoms with Crippen LogP contribution in [0.2, 0.25) is 0 Å². The highest BCUT2D eigenvalue weighted by Crippen LogP contribution is 2.29. The molecule has 0 amide bonds. The molecule has 6 heteroatoms. The lowest BCUT2D eigenvalue weighted by Crippen LogP contribution is -2.31. The van der Waals surface area contributed by atoms with Crippen molar-refractivity contribution in [2.45, 2.75) is 30.0 Å². The number of hydrogen-bond donors (Lipinski definition) is 3. The fourth-order valence-electron chi connectivity index (χ4n) is 1.92. The third-order valence-electron chi connectivity index (χ3n) is 2.96. The zero-order chi connectivity index (χ0) is 15.1. The van der Waals surface area contributed by atoms with Crippen LogP contribution in [0.4, 0.5) is 5.69 Å². The molecule has 0 bridgehead atoms. The quantitative estimate of drug-likeness (QED) is 0.641. The fourth-order valence-corrected chi connectivity index (χ4v) is 3.38. The van der Waals surface area contributed by atoms with E-state index in [-0.39, 0.29) is 17.9 Å². The molecular formula is C14H21NO3S2. The van der Waals surface area contributed by atoms with E-state index in [1.165, 1.54) is 11.8 Å². The van der Waals surface area contributed by atoms with E-state index < -0.39 is 5.97 Å². The van der Waals surface area contributed by atoms with Crippen LogP contribution in [0.3, 0.4) is 0 Å². The first-order valence-corrected chi connectivity index (χ1v) is 8.71. The summed E-state index contributed by atoms with van der Waals surface area (Å²) in [5, 5.41) is 22.0. The van der Waals surface area contributed by atoms with Gasteiger partial charge in [0.25, 0.3) is 0 Å². The molecule has 3 N–H and O–H groups in total. The summed E-state index contributed by atoms with van der Waals surface area (Å²) in [6.07, 6.45) is 1.93. The number of hydrogen-bond acceptors (Lipinski definition) is 5. The first-order valence-electron chi connectivity index (χ1n) is 6.44. The maximum absolute atomic E-state index is 11.5. The van der Waals surface area contributed by atoms with Gasteiger partial charge in [-0.15, -0.1) is 11.8 Å². The second-order valence-electron chi connectivity index (χ2n) is 4.31. The summed E-state index contributed by atoms with van der Waals surface area (Å²) in [4.78, 5) is 12.3. The van der Waals surface area contributed by atoms with E-state index in [1.807, 2.05) is 32.2 Å². The largest absolute Gasteiger partial charge is 0.478 e. The minimum absolute atomic E-state index is 0.0185. The van der Waals surface area contributed by atoms with Crippen LogP contribution in [0.1, 0.15) is 24.2 Å². The summed E-state index contributed by atoms with van der Waals surface area (Å²) in [6.45, 7) is 4.00. The van der Waals surface area contributed by atoms with Gasteiger partial charge in [-0.05, 0) is 31.1 Å². The Morgan fingerprint density at radius 2 is 2.15 bits per heavy atom. The third-order valence-corrected chi connectivity index (χ3v) is 5.07. The van der Waals surface area contributed by atoms with Gasteiger partial charge in [0.1, 0.15) is 0 Å². The lowest BCUT2D eigenvalue weighted by atomic mass is 10.1. The zero-order valence-electron chi connectivity index (χ0n) is 11.9. The summed E-state index contributed by atoms with van der Waals surface area (Å²) in [7, 11) is 0. The molecule has 0 saturated heterocycles. The minimum atomic E-state index is -0.930. The van der Waals surface area contributed by atoms with Crippen molar-refractivity contribution >= 4 is 35.2 Å². The van der Waals surface area contributed by atoms with Crippen LogP contribution in [0, 0.1) is 0 Å². The lowest BCUT2D eigenvalue weighted by Gasteiger charge is -2.24. The van der Waals surface area contributed by atoms with Gasteiger partial charge in [-0.3, -0.25) is 0 Å². The number of carboxylic acid groups (broad SMARTS) is 1. The second-order valence-corrected chi connectivity index (χ2v) is 6.69. The molecule has 0 aromatic heterocycles. The van der Waals surface area contributed by atoms with Crippen LogP contribution in [0.25, 0.3) is 0 Å². The predicted octanol–water partition coefficient (Wildman–Crippen LogP) is 3.02. The van der Waals surface area contributed by atoms with Gasteiger partial charge in [0, 0.05) is 16.2 Å². The van der Waals surface area contributed by atoms with Crippen LogP contribution in [-0.2, 0) is 0 Å². The lowest BCUT2D eigenvalue weighted by molar-refractivity contribution is 0.0694. The Morgan fingerprint density at radius 1 is 1.45 bits per heavy atom. The molecule has 112 valence electrons. The van der Waals surface area contributed by atoms with Crippen molar-refractivity contribution in [1.29, 1.82) is 0 Å². The molecular weight excluding hydrogens is 294 g/mol. The van der Waals surface area contributed by atoms with Crippen LogP contribution in [-0.4, -0.2) is 46.1 Å². The molecule has 2 unspecified atom stereocenters. The monoisotopic (exact) mass is 315 g/mol. The van der Waals surface area contributed by atoms with E-state index >= 15 is 0 Å². The molecule has 0 saturated carbocycles. The summed E-state index contributed by atoms with van der Waals surface area (Å²) >= 11 is 3.08. The Labute approximate surface area is 128 Å². The molecule has 4 nitrogen and oxygen atoms in total. The first kappa shape index (κ1) is 17.2. The second kappa shape index (κ2) is 8.44. The molecule has 2 atom stereocenters. The van der Waals surface area contributed by atoms with Crippen molar-refractivity contribution in [3.05, 3.63) is 23.8 Å². The Morgan fingerprint density at radius 3 is 2.65 bits per heavy atom. The van der Waals surface area contributed by atoms with Crippen molar-refractivity contribution in [1.82, 2.24) is 0 Å². The molecule has 0 aliphatic rings. The average molecular weight is 315 g/mol. The van der Waals surface area contributed by atoms with Crippen molar-refractivity contribution in [2.24, 2.45) is 0 Å². The van der Waals surface area contributed by atoms with E-state index in [0.717, 1.165) is 10.6 Å². The van der Waals surface area contributed by atoms with Gasteiger partial charge in [-0.1, -0.05) is 13.0 Å². The molecule has 0 spiro atoms. The SMILES string of the molecule is CCSc1cccc(NC(C)C(CO)SC)c1C(=O)O. The predicted molar refractivity (Wildman–Crippen MR) is 87.3 cm³/mol. The van der Waals surface area contributed by atoms with Gasteiger partial charge in [0.2, 0.25) is 0 Å². The Hall–Kier alpha value is -0.850. The fraction of sp³-hybridized carbons (Fsp3) is 0.500. The van der Waals surface area contributed by atoms with Gasteiger partial charge < -0.3 is 15.5 Å². The first-order chi connectivity index (χ1) is 9.54. The number of carboxylic acids is 1. The van der Waals surface area contributed by atoms with E-state index in [4.69, 9.17) is 0 Å². The Kier molecular flexibility index (Phi) is 7.26. The number of nitrogens with one attached hydrogen (secondary N) is 1. The number of carbonyl (C=O) groups is 1. The highest BCUT2D eigenvalue weighted by molar-refractivity contribution is 7.99. The summed E-state index contributed by atoms with van der Waals surface area (Å²) < 4.78 is 0. The van der Waals surface area contributed by atoms with E-state index in [9.17, 15) is 15.0 Å².